The molecule has 0 bridgehead atoms. The predicted molar refractivity (Wildman–Crippen MR) is 83.4 cm³/mol. The van der Waals surface area contributed by atoms with Crippen LogP contribution in [-0.4, -0.2) is 42.9 Å². The topological polar surface area (TPSA) is 32.3 Å². The maximum atomic E-state index is 12.5. The molecule has 1 aromatic carbocycles. The number of hydrogen-bond donors (Lipinski definition) is 1. The molecule has 0 radical (unpaired) electrons. The molecule has 0 aliphatic carbocycles. The second kappa shape index (κ2) is 6.06. The van der Waals surface area contributed by atoms with Crippen LogP contribution in [0.1, 0.15) is 43.6 Å². The summed E-state index contributed by atoms with van der Waals surface area (Å²) in [6, 6.07) is 8.08. The molecule has 20 heavy (non-hydrogen) atoms. The van der Waals surface area contributed by atoms with Crippen LogP contribution < -0.4 is 5.32 Å². The fraction of sp³-hybridized carbons (Fsp3) is 0.588. The first-order valence-corrected chi connectivity index (χ1v) is 7.49. The van der Waals surface area contributed by atoms with Gasteiger partial charge in [0.15, 0.2) is 5.78 Å². The summed E-state index contributed by atoms with van der Waals surface area (Å²) in [4.78, 5) is 14.8. The largest absolute Gasteiger partial charge is 0.314 e. The Morgan fingerprint density at radius 1 is 1.15 bits per heavy atom. The van der Waals surface area contributed by atoms with Gasteiger partial charge in [0.05, 0.1) is 6.04 Å². The Morgan fingerprint density at radius 2 is 1.70 bits per heavy atom. The summed E-state index contributed by atoms with van der Waals surface area (Å²) in [5.74, 6) is 0.229. The number of carbonyl (C=O) groups is 1. The van der Waals surface area contributed by atoms with Crippen molar-refractivity contribution >= 4 is 5.78 Å². The van der Waals surface area contributed by atoms with Crippen LogP contribution in [0, 0.1) is 0 Å². The van der Waals surface area contributed by atoms with E-state index in [0.717, 1.165) is 31.7 Å². The molecule has 1 N–H and O–H groups in total. The van der Waals surface area contributed by atoms with Crippen molar-refractivity contribution in [2.75, 3.05) is 26.2 Å². The number of piperazine rings is 1. The summed E-state index contributed by atoms with van der Waals surface area (Å²) < 4.78 is 0. The standard InChI is InChI=1S/C17H26N2O/c1-13(19-11-9-18-10-12-19)16(20)14-5-7-15(8-6-14)17(2,3)4/h5-8,13,18H,9-12H2,1-4H3. The molecule has 0 amide bonds. The molecule has 1 aliphatic rings. The van der Waals surface area contributed by atoms with Crippen molar-refractivity contribution in [2.24, 2.45) is 0 Å². The van der Waals surface area contributed by atoms with Crippen molar-refractivity contribution in [1.82, 2.24) is 10.2 Å². The third-order valence-corrected chi connectivity index (χ3v) is 4.11. The van der Waals surface area contributed by atoms with Gasteiger partial charge in [-0.25, -0.2) is 0 Å². The first-order chi connectivity index (χ1) is 9.39. The number of nitrogens with zero attached hydrogens (tertiary/aromatic N) is 1. The Labute approximate surface area is 122 Å². The van der Waals surface area contributed by atoms with Gasteiger partial charge in [0.1, 0.15) is 0 Å². The van der Waals surface area contributed by atoms with Crippen LogP contribution in [-0.2, 0) is 5.41 Å². The summed E-state index contributed by atoms with van der Waals surface area (Å²) in [6.07, 6.45) is 0. The Balaban J connectivity index is 2.08. The number of Topliss-reactive ketones (excluding diaryl/α,β-unsaturated/α-hetero) is 1. The van der Waals surface area contributed by atoms with Gasteiger partial charge in [-0.15, -0.1) is 0 Å². The van der Waals surface area contributed by atoms with Gasteiger partial charge in [-0.3, -0.25) is 9.69 Å². The zero-order chi connectivity index (χ0) is 14.8. The molecule has 1 aromatic rings. The number of hydrogen-bond acceptors (Lipinski definition) is 3. The highest BCUT2D eigenvalue weighted by molar-refractivity contribution is 5.99. The minimum absolute atomic E-state index is 0.0300. The molecular weight excluding hydrogens is 248 g/mol. The molecule has 1 aliphatic heterocycles. The van der Waals surface area contributed by atoms with E-state index in [9.17, 15) is 4.79 Å². The number of carbonyl (C=O) groups excluding carboxylic acids is 1. The van der Waals surface area contributed by atoms with Gasteiger partial charge in [-0.05, 0) is 17.9 Å². The highest BCUT2D eigenvalue weighted by Crippen LogP contribution is 2.22. The van der Waals surface area contributed by atoms with E-state index in [4.69, 9.17) is 0 Å². The van der Waals surface area contributed by atoms with Crippen LogP contribution in [0.25, 0.3) is 0 Å². The number of benzene rings is 1. The van der Waals surface area contributed by atoms with Crippen LogP contribution in [0.4, 0.5) is 0 Å². The van der Waals surface area contributed by atoms with Gasteiger partial charge < -0.3 is 5.32 Å². The Morgan fingerprint density at radius 3 is 2.20 bits per heavy atom. The highest BCUT2D eigenvalue weighted by atomic mass is 16.1. The van der Waals surface area contributed by atoms with E-state index in [1.807, 2.05) is 19.1 Å². The third kappa shape index (κ3) is 3.47. The van der Waals surface area contributed by atoms with E-state index < -0.39 is 0 Å². The van der Waals surface area contributed by atoms with Crippen molar-refractivity contribution in [3.05, 3.63) is 35.4 Å². The smallest absolute Gasteiger partial charge is 0.179 e. The van der Waals surface area contributed by atoms with Crippen molar-refractivity contribution in [1.29, 1.82) is 0 Å². The minimum atomic E-state index is -0.0300. The second-order valence-electron chi connectivity index (χ2n) is 6.65. The first-order valence-electron chi connectivity index (χ1n) is 7.49. The molecule has 3 heteroatoms. The molecule has 1 saturated heterocycles. The van der Waals surface area contributed by atoms with Crippen molar-refractivity contribution < 1.29 is 4.79 Å². The molecular formula is C17H26N2O. The number of nitrogens with one attached hydrogen (secondary N) is 1. The van der Waals surface area contributed by atoms with Gasteiger partial charge in [-0.2, -0.15) is 0 Å². The monoisotopic (exact) mass is 274 g/mol. The van der Waals surface area contributed by atoms with Gasteiger partial charge in [-0.1, -0.05) is 45.0 Å². The van der Waals surface area contributed by atoms with Crippen LogP contribution in [0.15, 0.2) is 24.3 Å². The molecule has 0 aromatic heterocycles. The number of rotatable bonds is 3. The lowest BCUT2D eigenvalue weighted by atomic mass is 9.86. The van der Waals surface area contributed by atoms with Crippen LogP contribution in [0.3, 0.4) is 0 Å². The fourth-order valence-electron chi connectivity index (χ4n) is 2.61. The van der Waals surface area contributed by atoms with E-state index in [-0.39, 0.29) is 17.2 Å². The fourth-order valence-corrected chi connectivity index (χ4v) is 2.61. The lowest BCUT2D eigenvalue weighted by molar-refractivity contribution is 0.0820. The molecule has 0 spiro atoms. The SMILES string of the molecule is CC(C(=O)c1ccc(C(C)(C)C)cc1)N1CCNCC1. The maximum absolute atomic E-state index is 12.5. The quantitative estimate of drug-likeness (QED) is 0.859. The zero-order valence-corrected chi connectivity index (χ0v) is 13.1. The normalized spacial score (nSPS) is 18.8. The average molecular weight is 274 g/mol. The summed E-state index contributed by atoms with van der Waals surface area (Å²) in [5.41, 5.74) is 2.22. The maximum Gasteiger partial charge on any atom is 0.179 e. The van der Waals surface area contributed by atoms with Crippen LogP contribution >= 0.6 is 0 Å². The van der Waals surface area contributed by atoms with E-state index in [1.165, 1.54) is 5.56 Å². The summed E-state index contributed by atoms with van der Waals surface area (Å²) >= 11 is 0. The van der Waals surface area contributed by atoms with Crippen LogP contribution in [0.2, 0.25) is 0 Å². The van der Waals surface area contributed by atoms with Gasteiger partial charge in [0.2, 0.25) is 0 Å². The molecule has 2 rings (SSSR count). The molecule has 1 atom stereocenters. The van der Waals surface area contributed by atoms with Crippen molar-refractivity contribution in [3.63, 3.8) is 0 Å². The van der Waals surface area contributed by atoms with Crippen molar-refractivity contribution in [2.45, 2.75) is 39.2 Å². The van der Waals surface area contributed by atoms with Crippen molar-refractivity contribution in [3.8, 4) is 0 Å². The Bertz CT molecular complexity index is 453. The zero-order valence-electron chi connectivity index (χ0n) is 13.1. The van der Waals surface area contributed by atoms with Crippen LogP contribution in [0.5, 0.6) is 0 Å². The first kappa shape index (κ1) is 15.2. The molecule has 3 nitrogen and oxygen atoms in total. The summed E-state index contributed by atoms with van der Waals surface area (Å²) in [7, 11) is 0. The highest BCUT2D eigenvalue weighted by Gasteiger charge is 2.24. The van der Waals surface area contributed by atoms with E-state index in [2.05, 4.69) is 43.1 Å². The lowest BCUT2D eigenvalue weighted by Crippen LogP contribution is -2.50. The van der Waals surface area contributed by atoms with Gasteiger partial charge in [0.25, 0.3) is 0 Å². The summed E-state index contributed by atoms with van der Waals surface area (Å²) in [5, 5.41) is 3.32. The Kier molecular flexibility index (Phi) is 4.61. The summed E-state index contributed by atoms with van der Waals surface area (Å²) in [6.45, 7) is 12.4. The number of ketones is 1. The van der Waals surface area contributed by atoms with E-state index >= 15 is 0 Å². The third-order valence-electron chi connectivity index (χ3n) is 4.11. The second-order valence-corrected chi connectivity index (χ2v) is 6.65. The molecule has 0 saturated carbocycles. The molecule has 110 valence electrons. The Hall–Kier alpha value is -1.19. The van der Waals surface area contributed by atoms with E-state index in [1.54, 1.807) is 0 Å². The predicted octanol–water partition coefficient (Wildman–Crippen LogP) is 2.46. The lowest BCUT2D eigenvalue weighted by Gasteiger charge is -2.32. The van der Waals surface area contributed by atoms with Gasteiger partial charge in [0, 0.05) is 31.7 Å². The van der Waals surface area contributed by atoms with Gasteiger partial charge >= 0.3 is 0 Å². The molecule has 1 unspecified atom stereocenters. The average Bonchev–Trinajstić information content (AvgIpc) is 2.46. The minimum Gasteiger partial charge on any atom is -0.314 e. The molecule has 1 heterocycles. The molecule has 1 fully saturated rings. The van der Waals surface area contributed by atoms with E-state index in [0.29, 0.717) is 0 Å².